The molecule has 2 atom stereocenters. The number of nitrogens with zero attached hydrogens (tertiary/aromatic N) is 2. The Morgan fingerprint density at radius 2 is 2.35 bits per heavy atom. The summed E-state index contributed by atoms with van der Waals surface area (Å²) in [7, 11) is 1.97. The van der Waals surface area contributed by atoms with Gasteiger partial charge in [-0.25, -0.2) is 9.78 Å². The number of amides is 2. The fraction of sp³-hybridized carbons (Fsp3) is 0.500. The number of carbonyl (C=O) groups excluding carboxylic acids is 1. The monoisotopic (exact) mass is 336 g/mol. The van der Waals surface area contributed by atoms with Crippen LogP contribution in [0.15, 0.2) is 18.2 Å². The SMILES string of the molecule is C[C@@H]1OCC[C@H]1NC(=O)NCCc1nc2cc(Cl)ccc2n1C. The molecule has 0 radical (unpaired) electrons. The van der Waals surface area contributed by atoms with Crippen molar-refractivity contribution in [3.63, 3.8) is 0 Å². The van der Waals surface area contributed by atoms with Crippen LogP contribution in [0.2, 0.25) is 5.02 Å². The number of carbonyl (C=O) groups is 1. The molecule has 3 rings (SSSR count). The van der Waals surface area contributed by atoms with Crippen LogP contribution in [0.5, 0.6) is 0 Å². The summed E-state index contributed by atoms with van der Waals surface area (Å²) in [4.78, 5) is 16.5. The number of aryl methyl sites for hydroxylation is 1. The third-order valence-electron chi connectivity index (χ3n) is 4.26. The van der Waals surface area contributed by atoms with Crippen molar-refractivity contribution in [3.8, 4) is 0 Å². The van der Waals surface area contributed by atoms with Gasteiger partial charge in [0.15, 0.2) is 0 Å². The second kappa shape index (κ2) is 6.76. The molecule has 0 bridgehead atoms. The molecular weight excluding hydrogens is 316 g/mol. The van der Waals surface area contributed by atoms with Gasteiger partial charge >= 0.3 is 6.03 Å². The molecule has 0 aliphatic carbocycles. The number of hydrogen-bond acceptors (Lipinski definition) is 3. The van der Waals surface area contributed by atoms with Gasteiger partial charge in [0.1, 0.15) is 5.82 Å². The maximum atomic E-state index is 11.9. The van der Waals surface area contributed by atoms with E-state index in [1.807, 2.05) is 36.7 Å². The number of rotatable bonds is 4. The van der Waals surface area contributed by atoms with E-state index in [4.69, 9.17) is 16.3 Å². The van der Waals surface area contributed by atoms with Crippen molar-refractivity contribution in [2.75, 3.05) is 13.2 Å². The average molecular weight is 337 g/mol. The first-order valence-corrected chi connectivity index (χ1v) is 8.19. The number of hydrogen-bond donors (Lipinski definition) is 2. The third-order valence-corrected chi connectivity index (χ3v) is 4.50. The van der Waals surface area contributed by atoms with E-state index in [0.29, 0.717) is 24.6 Å². The molecular formula is C16H21ClN4O2. The molecule has 2 heterocycles. The molecule has 0 saturated carbocycles. The second-order valence-electron chi connectivity index (χ2n) is 5.84. The first kappa shape index (κ1) is 16.1. The highest BCUT2D eigenvalue weighted by Crippen LogP contribution is 2.19. The zero-order chi connectivity index (χ0) is 16.4. The van der Waals surface area contributed by atoms with Crippen LogP contribution in [-0.2, 0) is 18.2 Å². The largest absolute Gasteiger partial charge is 0.376 e. The summed E-state index contributed by atoms with van der Waals surface area (Å²) >= 11 is 5.99. The Labute approximate surface area is 140 Å². The predicted octanol–water partition coefficient (Wildman–Crippen LogP) is 2.25. The van der Waals surface area contributed by atoms with Gasteiger partial charge in [-0.15, -0.1) is 0 Å². The van der Waals surface area contributed by atoms with Gasteiger partial charge in [0.25, 0.3) is 0 Å². The standard InChI is InChI=1S/C16H21ClN4O2/c1-10-12(6-8-23-10)20-16(22)18-7-5-15-19-13-9-11(17)3-4-14(13)21(15)2/h3-4,9-10,12H,5-8H2,1-2H3,(H2,18,20,22)/t10-,12+/m0/s1. The van der Waals surface area contributed by atoms with Crippen molar-refractivity contribution in [2.45, 2.75) is 31.9 Å². The first-order chi connectivity index (χ1) is 11.0. The molecule has 0 unspecified atom stereocenters. The van der Waals surface area contributed by atoms with Crippen molar-refractivity contribution < 1.29 is 9.53 Å². The van der Waals surface area contributed by atoms with Crippen LogP contribution in [0.25, 0.3) is 11.0 Å². The summed E-state index contributed by atoms with van der Waals surface area (Å²) in [5, 5.41) is 6.49. The highest BCUT2D eigenvalue weighted by Gasteiger charge is 2.25. The van der Waals surface area contributed by atoms with Gasteiger partial charge in [-0.3, -0.25) is 0 Å². The molecule has 1 aromatic carbocycles. The lowest BCUT2D eigenvalue weighted by Crippen LogP contribution is -2.45. The number of imidazole rings is 1. The number of urea groups is 1. The predicted molar refractivity (Wildman–Crippen MR) is 89.8 cm³/mol. The lowest BCUT2D eigenvalue weighted by molar-refractivity contribution is 0.114. The van der Waals surface area contributed by atoms with E-state index >= 15 is 0 Å². The molecule has 1 aliphatic rings. The molecule has 124 valence electrons. The molecule has 2 N–H and O–H groups in total. The van der Waals surface area contributed by atoms with Gasteiger partial charge in [-0.1, -0.05) is 11.6 Å². The fourth-order valence-electron chi connectivity index (χ4n) is 2.87. The van der Waals surface area contributed by atoms with Gasteiger partial charge in [-0.05, 0) is 31.5 Å². The molecule has 1 aromatic heterocycles. The van der Waals surface area contributed by atoms with Gasteiger partial charge in [0.05, 0.1) is 23.2 Å². The smallest absolute Gasteiger partial charge is 0.315 e. The van der Waals surface area contributed by atoms with E-state index in [9.17, 15) is 4.79 Å². The van der Waals surface area contributed by atoms with Crippen molar-refractivity contribution in [1.29, 1.82) is 0 Å². The molecule has 1 aliphatic heterocycles. The molecule has 1 fully saturated rings. The Hall–Kier alpha value is -1.79. The fourth-order valence-corrected chi connectivity index (χ4v) is 3.04. The van der Waals surface area contributed by atoms with Crippen molar-refractivity contribution in [1.82, 2.24) is 20.2 Å². The summed E-state index contributed by atoms with van der Waals surface area (Å²) in [5.74, 6) is 0.917. The van der Waals surface area contributed by atoms with Gasteiger partial charge < -0.3 is 19.9 Å². The highest BCUT2D eigenvalue weighted by atomic mass is 35.5. The zero-order valence-corrected chi connectivity index (χ0v) is 14.1. The van der Waals surface area contributed by atoms with Crippen LogP contribution in [0.3, 0.4) is 0 Å². The van der Waals surface area contributed by atoms with E-state index in [1.54, 1.807) is 0 Å². The average Bonchev–Trinajstić information content (AvgIpc) is 3.03. The number of nitrogens with one attached hydrogen (secondary N) is 2. The van der Waals surface area contributed by atoms with E-state index < -0.39 is 0 Å². The molecule has 1 saturated heterocycles. The highest BCUT2D eigenvalue weighted by molar-refractivity contribution is 6.31. The van der Waals surface area contributed by atoms with Crippen LogP contribution in [0.1, 0.15) is 19.2 Å². The molecule has 0 spiro atoms. The van der Waals surface area contributed by atoms with Crippen LogP contribution in [0, 0.1) is 0 Å². The van der Waals surface area contributed by atoms with E-state index in [-0.39, 0.29) is 18.2 Å². The quantitative estimate of drug-likeness (QED) is 0.899. The van der Waals surface area contributed by atoms with Crippen LogP contribution < -0.4 is 10.6 Å². The number of aromatic nitrogens is 2. The molecule has 6 nitrogen and oxygen atoms in total. The van der Waals surface area contributed by atoms with E-state index in [2.05, 4.69) is 15.6 Å². The summed E-state index contributed by atoms with van der Waals surface area (Å²) < 4.78 is 7.46. The lowest BCUT2D eigenvalue weighted by atomic mass is 10.2. The molecule has 7 heteroatoms. The minimum Gasteiger partial charge on any atom is -0.376 e. The van der Waals surface area contributed by atoms with Crippen LogP contribution >= 0.6 is 11.6 Å². The van der Waals surface area contributed by atoms with Gasteiger partial charge in [0, 0.05) is 31.6 Å². The molecule has 2 amide bonds. The Balaban J connectivity index is 1.54. The summed E-state index contributed by atoms with van der Waals surface area (Å²) in [6.07, 6.45) is 1.60. The van der Waals surface area contributed by atoms with Crippen molar-refractivity contribution in [2.24, 2.45) is 7.05 Å². The Morgan fingerprint density at radius 3 is 3.09 bits per heavy atom. The summed E-state index contributed by atoms with van der Waals surface area (Å²) in [6.45, 7) is 3.20. The van der Waals surface area contributed by atoms with Crippen LogP contribution in [0.4, 0.5) is 4.79 Å². The van der Waals surface area contributed by atoms with E-state index in [1.165, 1.54) is 0 Å². The minimum atomic E-state index is -0.158. The normalized spacial score (nSPS) is 20.8. The number of halogens is 1. The van der Waals surface area contributed by atoms with Crippen molar-refractivity contribution in [3.05, 3.63) is 29.0 Å². The first-order valence-electron chi connectivity index (χ1n) is 7.81. The topological polar surface area (TPSA) is 68.2 Å². The summed E-state index contributed by atoms with van der Waals surface area (Å²) in [5.41, 5.74) is 1.90. The van der Waals surface area contributed by atoms with E-state index in [0.717, 1.165) is 23.3 Å². The number of benzene rings is 1. The zero-order valence-electron chi connectivity index (χ0n) is 13.3. The number of ether oxygens (including phenoxy) is 1. The van der Waals surface area contributed by atoms with Crippen molar-refractivity contribution >= 4 is 28.7 Å². The Kier molecular flexibility index (Phi) is 4.73. The second-order valence-corrected chi connectivity index (χ2v) is 6.28. The summed E-state index contributed by atoms with van der Waals surface area (Å²) in [6, 6.07) is 5.59. The number of fused-ring (bicyclic) bond motifs is 1. The maximum Gasteiger partial charge on any atom is 0.315 e. The lowest BCUT2D eigenvalue weighted by Gasteiger charge is -2.16. The Morgan fingerprint density at radius 1 is 1.52 bits per heavy atom. The third kappa shape index (κ3) is 3.59. The van der Waals surface area contributed by atoms with Gasteiger partial charge in [0.2, 0.25) is 0 Å². The van der Waals surface area contributed by atoms with Gasteiger partial charge in [-0.2, -0.15) is 0 Å². The minimum absolute atomic E-state index is 0.0744. The maximum absolute atomic E-state index is 11.9. The Bertz CT molecular complexity index is 715. The van der Waals surface area contributed by atoms with Crippen LogP contribution in [-0.4, -0.2) is 40.9 Å². The molecule has 23 heavy (non-hydrogen) atoms. The molecule has 2 aromatic rings.